The Morgan fingerprint density at radius 3 is 2.49 bits per heavy atom. The normalized spacial score (nSPS) is 14.4. The minimum absolute atomic E-state index is 0.187. The van der Waals surface area contributed by atoms with Crippen molar-refractivity contribution in [3.63, 3.8) is 0 Å². The summed E-state index contributed by atoms with van der Waals surface area (Å²) in [7, 11) is 1.58. The van der Waals surface area contributed by atoms with Crippen molar-refractivity contribution in [2.45, 2.75) is 6.92 Å². The van der Waals surface area contributed by atoms with Gasteiger partial charge >= 0.3 is 0 Å². The number of hydrogen-bond donors (Lipinski definition) is 1. The highest BCUT2D eigenvalue weighted by Crippen LogP contribution is 2.37. The summed E-state index contributed by atoms with van der Waals surface area (Å²) in [6.07, 6.45) is 1.72. The molecule has 1 heterocycles. The molecule has 2 amide bonds. The Labute approximate surface area is 217 Å². The molecule has 4 rings (SSSR count). The van der Waals surface area contributed by atoms with Crippen molar-refractivity contribution in [2.24, 2.45) is 0 Å². The van der Waals surface area contributed by atoms with Crippen LogP contribution in [0.1, 0.15) is 11.1 Å². The van der Waals surface area contributed by atoms with E-state index in [1.54, 1.807) is 55.7 Å². The van der Waals surface area contributed by atoms with Crippen molar-refractivity contribution < 1.29 is 19.1 Å². The van der Waals surface area contributed by atoms with Crippen LogP contribution in [-0.4, -0.2) is 29.9 Å². The molecule has 0 aliphatic carbocycles. The molecular formula is C26H21ClN2O4S2. The van der Waals surface area contributed by atoms with Gasteiger partial charge in [0, 0.05) is 5.69 Å². The van der Waals surface area contributed by atoms with Crippen molar-refractivity contribution in [1.29, 1.82) is 0 Å². The van der Waals surface area contributed by atoms with E-state index in [9.17, 15) is 9.59 Å². The third-order valence-electron chi connectivity index (χ3n) is 5.07. The second-order valence-corrected chi connectivity index (χ2v) is 9.69. The van der Waals surface area contributed by atoms with Crippen LogP contribution in [0.3, 0.4) is 0 Å². The minimum Gasteiger partial charge on any atom is -0.497 e. The van der Waals surface area contributed by atoms with Crippen molar-refractivity contribution in [3.8, 4) is 11.5 Å². The largest absolute Gasteiger partial charge is 0.497 e. The Kier molecular flexibility index (Phi) is 7.75. The van der Waals surface area contributed by atoms with Crippen LogP contribution in [0, 0.1) is 6.92 Å². The summed E-state index contributed by atoms with van der Waals surface area (Å²) in [5.41, 5.74) is 3.18. The fourth-order valence-corrected chi connectivity index (χ4v) is 4.82. The van der Waals surface area contributed by atoms with E-state index in [0.29, 0.717) is 42.7 Å². The van der Waals surface area contributed by atoms with E-state index in [4.69, 9.17) is 33.3 Å². The Hall–Kier alpha value is -3.33. The molecule has 0 atom stereocenters. The summed E-state index contributed by atoms with van der Waals surface area (Å²) in [5, 5.41) is 3.10. The van der Waals surface area contributed by atoms with E-state index < -0.39 is 0 Å². The van der Waals surface area contributed by atoms with Gasteiger partial charge in [-0.25, -0.2) is 0 Å². The number of rotatable bonds is 7. The number of halogens is 1. The number of hydrogen-bond acceptors (Lipinski definition) is 6. The van der Waals surface area contributed by atoms with Gasteiger partial charge in [0.25, 0.3) is 11.8 Å². The first-order valence-electron chi connectivity index (χ1n) is 10.5. The van der Waals surface area contributed by atoms with E-state index in [1.807, 2.05) is 31.2 Å². The summed E-state index contributed by atoms with van der Waals surface area (Å²) in [6, 6.07) is 19.7. The molecule has 1 saturated heterocycles. The van der Waals surface area contributed by atoms with Crippen molar-refractivity contribution >= 4 is 69.2 Å². The predicted molar refractivity (Wildman–Crippen MR) is 145 cm³/mol. The number of thiocarbonyl (C=S) groups is 1. The lowest BCUT2D eigenvalue weighted by atomic mass is 10.2. The second-order valence-electron chi connectivity index (χ2n) is 7.61. The summed E-state index contributed by atoms with van der Waals surface area (Å²) in [5.74, 6) is 0.554. The van der Waals surface area contributed by atoms with E-state index in [2.05, 4.69) is 5.32 Å². The zero-order chi connectivity index (χ0) is 24.9. The predicted octanol–water partition coefficient (Wildman–Crippen LogP) is 6.08. The smallest absolute Gasteiger partial charge is 0.270 e. The van der Waals surface area contributed by atoms with Crippen LogP contribution in [0.5, 0.6) is 11.5 Å². The molecule has 0 bridgehead atoms. The monoisotopic (exact) mass is 524 g/mol. The van der Waals surface area contributed by atoms with E-state index in [1.165, 1.54) is 16.7 Å². The summed E-state index contributed by atoms with van der Waals surface area (Å²) < 4.78 is 11.2. The zero-order valence-electron chi connectivity index (χ0n) is 18.9. The van der Waals surface area contributed by atoms with Crippen LogP contribution in [0.2, 0.25) is 5.02 Å². The molecule has 6 nitrogen and oxygen atoms in total. The number of anilines is 2. The molecule has 1 fully saturated rings. The SMILES string of the molecule is COc1ccc(N2C(=O)/C(=C/c3ccc(OCC(=O)Nc4ccc(C)cc4)c(Cl)c3)SC2=S)cc1. The number of carbonyl (C=O) groups excluding carboxylic acids is 2. The van der Waals surface area contributed by atoms with Crippen LogP contribution in [0.15, 0.2) is 71.6 Å². The standard InChI is InChI=1S/C26H21ClN2O4S2/c1-16-3-6-18(7-4-16)28-24(30)15-33-22-12-5-17(13-21(22)27)14-23-25(31)29(26(34)35-23)19-8-10-20(32-2)11-9-19/h3-14H,15H2,1-2H3,(H,28,30)/b23-14-. The molecule has 9 heteroatoms. The maximum absolute atomic E-state index is 13.0. The van der Waals surface area contributed by atoms with Crippen LogP contribution in [0.25, 0.3) is 6.08 Å². The van der Waals surface area contributed by atoms with Crippen molar-refractivity contribution in [2.75, 3.05) is 23.9 Å². The van der Waals surface area contributed by atoms with Gasteiger partial charge in [-0.15, -0.1) is 0 Å². The lowest BCUT2D eigenvalue weighted by Gasteiger charge is -2.14. The zero-order valence-corrected chi connectivity index (χ0v) is 21.3. The highest BCUT2D eigenvalue weighted by molar-refractivity contribution is 8.27. The van der Waals surface area contributed by atoms with Gasteiger partial charge in [0.15, 0.2) is 10.9 Å². The van der Waals surface area contributed by atoms with Gasteiger partial charge < -0.3 is 14.8 Å². The first-order valence-corrected chi connectivity index (χ1v) is 12.1. The number of thioether (sulfide) groups is 1. The first-order chi connectivity index (χ1) is 16.8. The molecule has 1 aliphatic rings. The third-order valence-corrected chi connectivity index (χ3v) is 6.67. The molecular weight excluding hydrogens is 504 g/mol. The molecule has 0 unspecified atom stereocenters. The van der Waals surface area contributed by atoms with Crippen LogP contribution >= 0.6 is 35.6 Å². The molecule has 0 aromatic heterocycles. The lowest BCUT2D eigenvalue weighted by Crippen LogP contribution is -2.27. The molecule has 1 N–H and O–H groups in total. The maximum Gasteiger partial charge on any atom is 0.270 e. The minimum atomic E-state index is -0.295. The summed E-state index contributed by atoms with van der Waals surface area (Å²) >= 11 is 13.0. The second kappa shape index (κ2) is 10.9. The fraction of sp³-hybridized carbons (Fsp3) is 0.115. The van der Waals surface area contributed by atoms with Gasteiger partial charge in [-0.05, 0) is 67.1 Å². The molecule has 178 valence electrons. The van der Waals surface area contributed by atoms with Gasteiger partial charge in [-0.3, -0.25) is 14.5 Å². The highest BCUT2D eigenvalue weighted by atomic mass is 35.5. The Morgan fingerprint density at radius 2 is 1.83 bits per heavy atom. The molecule has 0 spiro atoms. The van der Waals surface area contributed by atoms with E-state index in [0.717, 1.165) is 5.56 Å². The average molecular weight is 525 g/mol. The van der Waals surface area contributed by atoms with E-state index in [-0.39, 0.29) is 18.4 Å². The van der Waals surface area contributed by atoms with Crippen molar-refractivity contribution in [1.82, 2.24) is 0 Å². The topological polar surface area (TPSA) is 67.9 Å². The van der Waals surface area contributed by atoms with Gasteiger partial charge in [-0.1, -0.05) is 59.3 Å². The van der Waals surface area contributed by atoms with Crippen LogP contribution < -0.4 is 19.7 Å². The maximum atomic E-state index is 13.0. The van der Waals surface area contributed by atoms with Gasteiger partial charge in [0.2, 0.25) is 0 Å². The Morgan fingerprint density at radius 1 is 1.11 bits per heavy atom. The number of ether oxygens (including phenoxy) is 2. The number of carbonyl (C=O) groups is 2. The van der Waals surface area contributed by atoms with Gasteiger partial charge in [-0.2, -0.15) is 0 Å². The molecule has 0 radical (unpaired) electrons. The number of benzene rings is 3. The number of nitrogens with zero attached hydrogens (tertiary/aromatic N) is 1. The molecule has 0 saturated carbocycles. The van der Waals surface area contributed by atoms with Gasteiger partial charge in [0.05, 0.1) is 22.7 Å². The van der Waals surface area contributed by atoms with Crippen LogP contribution in [0.4, 0.5) is 11.4 Å². The molecule has 3 aromatic rings. The Balaban J connectivity index is 1.41. The summed E-state index contributed by atoms with van der Waals surface area (Å²) in [4.78, 5) is 27.1. The molecule has 1 aliphatic heterocycles. The molecule has 3 aromatic carbocycles. The third kappa shape index (κ3) is 6.03. The number of methoxy groups -OCH3 is 1. The van der Waals surface area contributed by atoms with Crippen LogP contribution in [-0.2, 0) is 9.59 Å². The number of amides is 2. The number of nitrogens with one attached hydrogen (secondary N) is 1. The quantitative estimate of drug-likeness (QED) is 0.298. The lowest BCUT2D eigenvalue weighted by molar-refractivity contribution is -0.118. The summed E-state index contributed by atoms with van der Waals surface area (Å²) in [6.45, 7) is 1.79. The van der Waals surface area contributed by atoms with Gasteiger partial charge in [0.1, 0.15) is 11.5 Å². The first kappa shape index (κ1) is 24.8. The fourth-order valence-electron chi connectivity index (χ4n) is 3.27. The Bertz CT molecular complexity index is 1310. The average Bonchev–Trinajstić information content (AvgIpc) is 3.12. The highest BCUT2D eigenvalue weighted by Gasteiger charge is 2.33. The number of aryl methyl sites for hydroxylation is 1. The molecule has 35 heavy (non-hydrogen) atoms. The van der Waals surface area contributed by atoms with Crippen molar-refractivity contribution in [3.05, 3.63) is 87.8 Å². The van der Waals surface area contributed by atoms with E-state index >= 15 is 0 Å².